The highest BCUT2D eigenvalue weighted by atomic mass is 32.1. The van der Waals surface area contributed by atoms with Gasteiger partial charge in [0.05, 0.1) is 22.8 Å². The molecule has 1 aromatic heterocycles. The fourth-order valence-electron chi connectivity index (χ4n) is 4.83. The van der Waals surface area contributed by atoms with E-state index in [0.29, 0.717) is 16.7 Å². The molecule has 0 unspecified atom stereocenters. The first-order chi connectivity index (χ1) is 16.3. The fourth-order valence-corrected chi connectivity index (χ4v) is 5.71. The van der Waals surface area contributed by atoms with Gasteiger partial charge >= 0.3 is 0 Å². The van der Waals surface area contributed by atoms with Gasteiger partial charge in [0.15, 0.2) is 0 Å². The van der Waals surface area contributed by atoms with Gasteiger partial charge in [-0.15, -0.1) is 11.3 Å². The van der Waals surface area contributed by atoms with Gasteiger partial charge in [0.25, 0.3) is 0 Å². The lowest BCUT2D eigenvalue weighted by molar-refractivity contribution is 0.441. The molecule has 172 valence electrons. The van der Waals surface area contributed by atoms with Crippen molar-refractivity contribution in [1.29, 1.82) is 0 Å². The first kappa shape index (κ1) is 22.4. The lowest BCUT2D eigenvalue weighted by atomic mass is 9.97. The zero-order valence-electron chi connectivity index (χ0n) is 20.2. The number of hydrogen-bond acceptors (Lipinski definition) is 5. The van der Waals surface area contributed by atoms with Gasteiger partial charge < -0.3 is 10.2 Å². The quantitative estimate of drug-likeness (QED) is 0.586. The molecule has 34 heavy (non-hydrogen) atoms. The van der Waals surface area contributed by atoms with E-state index < -0.39 is 0 Å². The molecular weight excluding hydrogens is 440 g/mol. The van der Waals surface area contributed by atoms with E-state index in [1.165, 1.54) is 11.1 Å². The van der Waals surface area contributed by atoms with Crippen molar-refractivity contribution in [1.82, 2.24) is 0 Å². The monoisotopic (exact) mass is 468 g/mol. The summed E-state index contributed by atoms with van der Waals surface area (Å²) >= 11 is 1.72. The van der Waals surface area contributed by atoms with Crippen LogP contribution in [0.2, 0.25) is 0 Å². The summed E-state index contributed by atoms with van der Waals surface area (Å²) in [5.41, 5.74) is 9.98. The largest absolute Gasteiger partial charge is 0.507 e. The van der Waals surface area contributed by atoms with Crippen molar-refractivity contribution in [3.05, 3.63) is 77.6 Å². The smallest absolute Gasteiger partial charge is 0.129 e. The van der Waals surface area contributed by atoms with Crippen LogP contribution in [0.5, 0.6) is 11.5 Å². The standard InChI is InChI=1S/C29H28N2O2S/c1-6-22-15(3)24-13-20-8-9-21(34-20)14-25-16(4)23(7-2)27(31-25)12-19-10-18(11-26(22)30-24)28(32)17(5)29(19)33/h8-14,32-33H,6-7H2,1-5H3. The molecule has 4 heterocycles. The lowest BCUT2D eigenvalue weighted by Crippen LogP contribution is -2.02. The Balaban J connectivity index is 1.86. The van der Waals surface area contributed by atoms with Crippen LogP contribution < -0.4 is 9.06 Å². The molecule has 4 nitrogen and oxygen atoms in total. The summed E-state index contributed by atoms with van der Waals surface area (Å²) in [5.74, 6) is 0.145. The maximum atomic E-state index is 10.9. The number of aliphatic imine (C=N–C) groups is 2. The van der Waals surface area contributed by atoms with Crippen molar-refractivity contribution in [2.24, 2.45) is 9.98 Å². The number of fused-ring (bicyclic) bond motifs is 6. The molecule has 2 N–H and O–H groups in total. The average Bonchev–Trinajstić information content (AvgIpc) is 3.46. The lowest BCUT2D eigenvalue weighted by Gasteiger charge is -2.11. The number of nitrogens with zero attached hydrogens (tertiary/aromatic N) is 2. The SMILES string of the molecule is CCC1=C(C)C2=NC1=Cc1cc(c(O)c(C)c1O)C=C1N=C(C=c3ccc(s3)=C2)C(C)=C1CC. The van der Waals surface area contributed by atoms with Gasteiger partial charge in [-0.1, -0.05) is 13.8 Å². The van der Waals surface area contributed by atoms with Crippen molar-refractivity contribution >= 4 is 47.1 Å². The van der Waals surface area contributed by atoms with Crippen LogP contribution in [0.15, 0.2) is 61.9 Å². The number of aromatic hydroxyl groups is 2. The summed E-state index contributed by atoms with van der Waals surface area (Å²) in [6.45, 7) is 10.2. The number of benzene rings is 1. The second kappa shape index (κ2) is 8.41. The molecule has 0 fully saturated rings. The molecule has 5 rings (SSSR count). The van der Waals surface area contributed by atoms with Crippen LogP contribution in [0.3, 0.4) is 0 Å². The van der Waals surface area contributed by atoms with Gasteiger partial charge in [-0.3, -0.25) is 0 Å². The second-order valence-corrected chi connectivity index (χ2v) is 10.0. The van der Waals surface area contributed by atoms with E-state index in [4.69, 9.17) is 9.98 Å². The number of phenolic OH excluding ortho intramolecular Hbond substituents is 2. The topological polar surface area (TPSA) is 65.2 Å². The maximum Gasteiger partial charge on any atom is 0.129 e. The highest BCUT2D eigenvalue weighted by Gasteiger charge is 2.22. The predicted molar refractivity (Wildman–Crippen MR) is 144 cm³/mol. The number of allylic oxidation sites excluding steroid dienone is 4. The van der Waals surface area contributed by atoms with Crippen LogP contribution in [0.1, 0.15) is 57.2 Å². The Morgan fingerprint density at radius 3 is 1.56 bits per heavy atom. The Morgan fingerprint density at radius 2 is 1.15 bits per heavy atom. The van der Waals surface area contributed by atoms with Gasteiger partial charge in [-0.05, 0) is 98.4 Å². The second-order valence-electron chi connectivity index (χ2n) is 8.87. The van der Waals surface area contributed by atoms with E-state index in [2.05, 4.69) is 52.0 Å². The molecule has 0 atom stereocenters. The van der Waals surface area contributed by atoms with Crippen LogP contribution in [0.4, 0.5) is 0 Å². The third-order valence-electron chi connectivity index (χ3n) is 6.84. The zero-order chi connectivity index (χ0) is 24.1. The molecule has 3 aliphatic rings. The van der Waals surface area contributed by atoms with Crippen molar-refractivity contribution in [3.63, 3.8) is 0 Å². The Bertz CT molecular complexity index is 1440. The zero-order valence-corrected chi connectivity index (χ0v) is 21.0. The Hall–Kier alpha value is -3.44. The molecule has 0 saturated carbocycles. The van der Waals surface area contributed by atoms with E-state index >= 15 is 0 Å². The van der Waals surface area contributed by atoms with E-state index in [9.17, 15) is 10.2 Å². The average molecular weight is 469 g/mol. The summed E-state index contributed by atoms with van der Waals surface area (Å²) in [5, 5.41) is 21.7. The molecule has 0 aliphatic carbocycles. The molecule has 5 heteroatoms. The third-order valence-corrected chi connectivity index (χ3v) is 7.82. The van der Waals surface area contributed by atoms with Crippen molar-refractivity contribution in [2.75, 3.05) is 0 Å². The Morgan fingerprint density at radius 1 is 0.706 bits per heavy atom. The van der Waals surface area contributed by atoms with E-state index in [-0.39, 0.29) is 11.5 Å². The van der Waals surface area contributed by atoms with Crippen molar-refractivity contribution < 1.29 is 10.2 Å². The minimum Gasteiger partial charge on any atom is -0.507 e. The third kappa shape index (κ3) is 3.61. The Labute approximate surface area is 203 Å². The van der Waals surface area contributed by atoms with Gasteiger partial charge in [-0.2, -0.15) is 0 Å². The molecule has 8 bridgehead atoms. The summed E-state index contributed by atoms with van der Waals surface area (Å²) in [6, 6.07) is 6.08. The number of phenols is 2. The summed E-state index contributed by atoms with van der Waals surface area (Å²) in [7, 11) is 0. The first-order valence-electron chi connectivity index (χ1n) is 11.7. The van der Waals surface area contributed by atoms with E-state index in [1.54, 1.807) is 18.3 Å². The van der Waals surface area contributed by atoms with Gasteiger partial charge in [-0.25, -0.2) is 9.98 Å². The van der Waals surface area contributed by atoms with Crippen molar-refractivity contribution in [3.8, 4) is 11.5 Å². The van der Waals surface area contributed by atoms with E-state index in [0.717, 1.165) is 55.9 Å². The van der Waals surface area contributed by atoms with Crippen LogP contribution in [0.25, 0.3) is 24.3 Å². The molecule has 0 spiro atoms. The summed E-state index contributed by atoms with van der Waals surface area (Å²) in [6.07, 6.45) is 9.81. The number of thiophene rings is 1. The number of rotatable bonds is 2. The minimum atomic E-state index is 0.0725. The van der Waals surface area contributed by atoms with Crippen LogP contribution in [0, 0.1) is 6.92 Å². The highest BCUT2D eigenvalue weighted by Crippen LogP contribution is 2.39. The molecule has 0 amide bonds. The Kier molecular flexibility index (Phi) is 5.53. The highest BCUT2D eigenvalue weighted by molar-refractivity contribution is 7.08. The van der Waals surface area contributed by atoms with Gasteiger partial charge in [0.1, 0.15) is 11.5 Å². The predicted octanol–water partition coefficient (Wildman–Crippen LogP) is 5.79. The molecule has 3 aliphatic heterocycles. The first-order valence-corrected chi connectivity index (χ1v) is 12.5. The van der Waals surface area contributed by atoms with Crippen LogP contribution >= 0.6 is 11.3 Å². The van der Waals surface area contributed by atoms with E-state index in [1.807, 2.05) is 18.2 Å². The molecular formula is C29H28N2O2S. The summed E-state index contributed by atoms with van der Waals surface area (Å²) < 4.78 is 2.29. The van der Waals surface area contributed by atoms with Crippen LogP contribution in [-0.4, -0.2) is 21.6 Å². The molecule has 0 saturated heterocycles. The minimum absolute atomic E-state index is 0.0725. The van der Waals surface area contributed by atoms with Gasteiger partial charge in [0.2, 0.25) is 0 Å². The normalized spacial score (nSPS) is 17.2. The molecule has 1 aromatic carbocycles. The number of hydrogen-bond donors (Lipinski definition) is 2. The molecule has 2 aromatic rings. The maximum absolute atomic E-state index is 10.9. The molecule has 0 radical (unpaired) electrons. The summed E-state index contributed by atoms with van der Waals surface area (Å²) in [4.78, 5) is 9.87. The fraction of sp³-hybridized carbons (Fsp3) is 0.241. The van der Waals surface area contributed by atoms with Crippen LogP contribution in [-0.2, 0) is 0 Å². The van der Waals surface area contributed by atoms with Gasteiger partial charge in [0, 0.05) is 25.8 Å². The van der Waals surface area contributed by atoms with Crippen molar-refractivity contribution in [2.45, 2.75) is 47.5 Å².